The van der Waals surface area contributed by atoms with Crippen molar-refractivity contribution in [3.05, 3.63) is 77.9 Å². The Kier molecular flexibility index (Phi) is 10.6. The lowest BCUT2D eigenvalue weighted by molar-refractivity contribution is -0.153. The number of methoxy groups -OCH3 is 1. The van der Waals surface area contributed by atoms with E-state index in [0.29, 0.717) is 18.6 Å². The molecule has 1 fully saturated rings. The Balaban J connectivity index is 1.65. The molecule has 0 spiro atoms. The van der Waals surface area contributed by atoms with Gasteiger partial charge in [-0.3, -0.25) is 0 Å². The molecular formula is C28H35IO6. The van der Waals surface area contributed by atoms with Gasteiger partial charge in [0.1, 0.15) is 18.0 Å². The van der Waals surface area contributed by atoms with Crippen LogP contribution in [-0.2, 0) is 25.6 Å². The molecule has 190 valence electrons. The van der Waals surface area contributed by atoms with Crippen molar-refractivity contribution in [1.82, 2.24) is 0 Å². The molecule has 1 aliphatic rings. The number of hydrogen-bond donors (Lipinski definition) is 0. The normalized spacial score (nSPS) is 21.1. The first-order chi connectivity index (χ1) is 16.8. The van der Waals surface area contributed by atoms with Gasteiger partial charge in [0.25, 0.3) is 0 Å². The quantitative estimate of drug-likeness (QED) is 0.128. The monoisotopic (exact) mass is 594 g/mol. The number of hydrogen-bond acceptors (Lipinski definition) is 6. The summed E-state index contributed by atoms with van der Waals surface area (Å²) in [5, 5.41) is 0. The number of ether oxygens (including phenoxy) is 5. The fourth-order valence-corrected chi connectivity index (χ4v) is 4.50. The Morgan fingerprint density at radius 2 is 1.83 bits per heavy atom. The summed E-state index contributed by atoms with van der Waals surface area (Å²) >= 11 is 2.33. The molecule has 4 atom stereocenters. The van der Waals surface area contributed by atoms with Gasteiger partial charge in [0, 0.05) is 4.43 Å². The van der Waals surface area contributed by atoms with Crippen LogP contribution in [0.5, 0.6) is 5.75 Å². The topological polar surface area (TPSA) is 63.2 Å². The number of rotatable bonds is 12. The molecule has 7 heteroatoms. The minimum Gasteiger partial charge on any atom is -0.497 e. The highest BCUT2D eigenvalue weighted by Gasteiger charge is 2.45. The Morgan fingerprint density at radius 1 is 1.11 bits per heavy atom. The number of alkyl halides is 1. The van der Waals surface area contributed by atoms with Crippen LogP contribution in [0.3, 0.4) is 0 Å². The first-order valence-electron chi connectivity index (χ1n) is 11.9. The van der Waals surface area contributed by atoms with Gasteiger partial charge in [-0.1, -0.05) is 59.0 Å². The third-order valence-corrected chi connectivity index (χ3v) is 6.30. The van der Waals surface area contributed by atoms with Gasteiger partial charge in [0.05, 0.1) is 31.5 Å². The van der Waals surface area contributed by atoms with Crippen molar-refractivity contribution in [2.24, 2.45) is 0 Å². The average molecular weight is 594 g/mol. The summed E-state index contributed by atoms with van der Waals surface area (Å²) in [5.74, 6) is -0.296. The van der Waals surface area contributed by atoms with Crippen LogP contribution in [0.4, 0.5) is 0 Å². The van der Waals surface area contributed by atoms with Crippen molar-refractivity contribution >= 4 is 28.6 Å². The highest BCUT2D eigenvalue weighted by Crippen LogP contribution is 2.33. The second kappa shape index (κ2) is 13.4. The molecule has 0 aromatic heterocycles. The molecule has 0 radical (unpaired) electrons. The van der Waals surface area contributed by atoms with E-state index < -0.39 is 11.9 Å². The van der Waals surface area contributed by atoms with Gasteiger partial charge in [-0.25, -0.2) is 4.79 Å². The molecular weight excluding hydrogens is 559 g/mol. The molecule has 0 saturated carbocycles. The number of benzene rings is 2. The SMILES string of the molecule is COc1ccc(CO[C@@H](C)CC=CC(OC(=O)c2ccccc2)C2OC(C)(C)OC2CCI)cc1. The van der Waals surface area contributed by atoms with Crippen molar-refractivity contribution in [3.63, 3.8) is 0 Å². The van der Waals surface area contributed by atoms with Crippen molar-refractivity contribution in [3.8, 4) is 5.75 Å². The third kappa shape index (κ3) is 8.59. The fraction of sp³-hybridized carbons (Fsp3) is 0.464. The number of halogens is 1. The zero-order valence-electron chi connectivity index (χ0n) is 20.8. The smallest absolute Gasteiger partial charge is 0.338 e. The maximum atomic E-state index is 12.9. The number of carbonyl (C=O) groups excluding carboxylic acids is 1. The van der Waals surface area contributed by atoms with E-state index >= 15 is 0 Å². The van der Waals surface area contributed by atoms with E-state index in [1.54, 1.807) is 19.2 Å². The first-order valence-corrected chi connectivity index (χ1v) is 13.4. The van der Waals surface area contributed by atoms with Crippen molar-refractivity contribution in [2.75, 3.05) is 11.5 Å². The summed E-state index contributed by atoms with van der Waals surface area (Å²) < 4.78 is 30.4. The largest absolute Gasteiger partial charge is 0.497 e. The second-order valence-corrected chi connectivity index (χ2v) is 10.1. The predicted molar refractivity (Wildman–Crippen MR) is 144 cm³/mol. The van der Waals surface area contributed by atoms with Gasteiger partial charge in [0.2, 0.25) is 0 Å². The summed E-state index contributed by atoms with van der Waals surface area (Å²) in [4.78, 5) is 12.9. The molecule has 3 rings (SSSR count). The van der Waals surface area contributed by atoms with Crippen LogP contribution in [0.2, 0.25) is 0 Å². The molecule has 6 nitrogen and oxygen atoms in total. The van der Waals surface area contributed by atoms with E-state index in [1.807, 2.05) is 75.4 Å². The first kappa shape index (κ1) is 27.6. The van der Waals surface area contributed by atoms with Crippen LogP contribution in [0.15, 0.2) is 66.7 Å². The summed E-state index contributed by atoms with van der Waals surface area (Å²) in [6.07, 6.45) is 4.24. The van der Waals surface area contributed by atoms with E-state index in [1.165, 1.54) is 0 Å². The Morgan fingerprint density at radius 3 is 2.49 bits per heavy atom. The molecule has 1 aliphatic heterocycles. The molecule has 1 heterocycles. The minimum atomic E-state index is -0.735. The summed E-state index contributed by atoms with van der Waals surface area (Å²) in [6, 6.07) is 16.8. The van der Waals surface area contributed by atoms with E-state index in [-0.39, 0.29) is 24.3 Å². The van der Waals surface area contributed by atoms with Crippen LogP contribution < -0.4 is 4.74 Å². The van der Waals surface area contributed by atoms with E-state index in [9.17, 15) is 4.79 Å². The van der Waals surface area contributed by atoms with Crippen LogP contribution in [-0.4, -0.2) is 47.7 Å². The predicted octanol–water partition coefficient (Wildman–Crippen LogP) is 6.12. The van der Waals surface area contributed by atoms with Crippen LogP contribution in [0.25, 0.3) is 0 Å². The Labute approximate surface area is 222 Å². The second-order valence-electron chi connectivity index (χ2n) is 8.99. The fourth-order valence-electron chi connectivity index (χ4n) is 3.89. The molecule has 2 aromatic rings. The number of esters is 1. The molecule has 0 N–H and O–H groups in total. The van der Waals surface area contributed by atoms with Gasteiger partial charge in [-0.2, -0.15) is 0 Å². The van der Waals surface area contributed by atoms with Crippen molar-refractivity contribution in [2.45, 2.75) is 70.4 Å². The number of carbonyl (C=O) groups is 1. The molecule has 0 amide bonds. The highest BCUT2D eigenvalue weighted by atomic mass is 127. The Bertz CT molecular complexity index is 944. The highest BCUT2D eigenvalue weighted by molar-refractivity contribution is 14.1. The van der Waals surface area contributed by atoms with Crippen LogP contribution >= 0.6 is 22.6 Å². The summed E-state index contributed by atoms with van der Waals surface area (Å²) in [5.41, 5.74) is 1.59. The summed E-state index contributed by atoms with van der Waals surface area (Å²) in [6.45, 7) is 6.32. The van der Waals surface area contributed by atoms with Crippen LogP contribution in [0.1, 0.15) is 49.5 Å². The molecule has 0 bridgehead atoms. The minimum absolute atomic E-state index is 0.0128. The molecule has 35 heavy (non-hydrogen) atoms. The maximum Gasteiger partial charge on any atom is 0.338 e. The Hall–Kier alpha value is -1.94. The molecule has 3 unspecified atom stereocenters. The van der Waals surface area contributed by atoms with Crippen molar-refractivity contribution in [1.29, 1.82) is 0 Å². The van der Waals surface area contributed by atoms with Gasteiger partial charge in [-0.15, -0.1) is 0 Å². The van der Waals surface area contributed by atoms with Gasteiger partial charge >= 0.3 is 5.97 Å². The lowest BCUT2D eigenvalue weighted by Gasteiger charge is -2.24. The van der Waals surface area contributed by atoms with Crippen LogP contribution in [0, 0.1) is 0 Å². The van der Waals surface area contributed by atoms with Crippen molar-refractivity contribution < 1.29 is 28.5 Å². The average Bonchev–Trinajstić information content (AvgIpc) is 3.17. The standard InChI is InChI=1S/C28H35IO6/c1-20(32-19-21-13-15-23(31-4)16-14-21)9-8-12-24(33-27(30)22-10-6-5-7-11-22)26-25(17-18-29)34-28(2,3)35-26/h5-8,10-16,20,24-26H,9,17-19H2,1-4H3/t20-,24?,25?,26?/m0/s1. The molecule has 1 saturated heterocycles. The van der Waals surface area contributed by atoms with Gasteiger partial charge in [0.15, 0.2) is 5.79 Å². The molecule has 0 aliphatic carbocycles. The van der Waals surface area contributed by atoms with Gasteiger partial charge < -0.3 is 23.7 Å². The zero-order valence-corrected chi connectivity index (χ0v) is 23.0. The molecule has 2 aromatic carbocycles. The van der Waals surface area contributed by atoms with E-state index in [2.05, 4.69) is 22.6 Å². The van der Waals surface area contributed by atoms with E-state index in [4.69, 9.17) is 23.7 Å². The third-order valence-electron chi connectivity index (χ3n) is 5.68. The zero-order chi connectivity index (χ0) is 25.3. The maximum absolute atomic E-state index is 12.9. The summed E-state index contributed by atoms with van der Waals surface area (Å²) in [7, 11) is 1.65. The lowest BCUT2D eigenvalue weighted by atomic mass is 10.0. The van der Waals surface area contributed by atoms with E-state index in [0.717, 1.165) is 22.2 Å². The van der Waals surface area contributed by atoms with Gasteiger partial charge in [-0.05, 0) is 69.5 Å². The lowest BCUT2D eigenvalue weighted by Crippen LogP contribution is -2.38.